The van der Waals surface area contributed by atoms with E-state index in [0.29, 0.717) is 24.8 Å². The van der Waals surface area contributed by atoms with Crippen LogP contribution in [0.5, 0.6) is 5.75 Å². The van der Waals surface area contributed by atoms with Crippen molar-refractivity contribution in [3.05, 3.63) is 35.5 Å². The van der Waals surface area contributed by atoms with E-state index in [1.807, 2.05) is 0 Å². The van der Waals surface area contributed by atoms with Gasteiger partial charge in [-0.2, -0.15) is 13.2 Å². The number of pyridine rings is 1. The molecule has 0 radical (unpaired) electrons. The van der Waals surface area contributed by atoms with Crippen molar-refractivity contribution in [3.63, 3.8) is 0 Å². The van der Waals surface area contributed by atoms with E-state index in [4.69, 9.17) is 9.84 Å². The number of ether oxygens (including phenoxy) is 1. The number of carbonyl (C=O) groups is 1. The van der Waals surface area contributed by atoms with Gasteiger partial charge in [-0.15, -0.1) is 0 Å². The van der Waals surface area contributed by atoms with Crippen LogP contribution in [0.1, 0.15) is 57.7 Å². The number of aliphatic carboxylic acids is 1. The van der Waals surface area contributed by atoms with Crippen LogP contribution in [-0.2, 0) is 17.5 Å². The summed E-state index contributed by atoms with van der Waals surface area (Å²) in [6, 6.07) is 5.81. The second-order valence-corrected chi connectivity index (χ2v) is 10.5. The van der Waals surface area contributed by atoms with E-state index in [1.54, 1.807) is 17.0 Å². The van der Waals surface area contributed by atoms with Crippen molar-refractivity contribution in [2.75, 3.05) is 13.1 Å². The van der Waals surface area contributed by atoms with Crippen molar-refractivity contribution in [2.24, 2.45) is 17.3 Å². The van der Waals surface area contributed by atoms with Crippen molar-refractivity contribution in [2.45, 2.75) is 65.3 Å². The topological polar surface area (TPSA) is 62.7 Å². The van der Waals surface area contributed by atoms with Gasteiger partial charge in [-0.05, 0) is 61.3 Å². The highest BCUT2D eigenvalue weighted by Crippen LogP contribution is 2.40. The number of benzene rings is 1. The van der Waals surface area contributed by atoms with Crippen LogP contribution in [0.15, 0.2) is 24.3 Å². The molecule has 2 heterocycles. The van der Waals surface area contributed by atoms with E-state index in [2.05, 4.69) is 25.8 Å². The molecule has 1 saturated heterocycles. The zero-order valence-corrected chi connectivity index (χ0v) is 19.3. The molecule has 0 spiro atoms. The summed E-state index contributed by atoms with van der Waals surface area (Å²) < 4.78 is 47.7. The third kappa shape index (κ3) is 5.42. The quantitative estimate of drug-likeness (QED) is 0.610. The maximum absolute atomic E-state index is 13.9. The van der Waals surface area contributed by atoms with Gasteiger partial charge in [-0.1, -0.05) is 20.8 Å². The second-order valence-electron chi connectivity index (χ2n) is 10.5. The predicted molar refractivity (Wildman–Crippen MR) is 119 cm³/mol. The van der Waals surface area contributed by atoms with E-state index in [0.717, 1.165) is 31.7 Å². The van der Waals surface area contributed by atoms with Crippen LogP contribution in [0.2, 0.25) is 0 Å². The highest BCUT2D eigenvalue weighted by Gasteiger charge is 2.36. The first-order valence-corrected chi connectivity index (χ1v) is 11.5. The molecule has 1 aromatic heterocycles. The zero-order valence-electron chi connectivity index (χ0n) is 19.3. The molecule has 2 fully saturated rings. The molecule has 0 bridgehead atoms. The van der Waals surface area contributed by atoms with Crippen molar-refractivity contribution >= 4 is 16.9 Å². The van der Waals surface area contributed by atoms with E-state index < -0.39 is 23.6 Å². The van der Waals surface area contributed by atoms with Crippen LogP contribution >= 0.6 is 0 Å². The average Bonchev–Trinajstić information content (AvgIpc) is 2.68. The maximum atomic E-state index is 13.9. The maximum Gasteiger partial charge on any atom is 0.417 e. The first-order chi connectivity index (χ1) is 15.4. The van der Waals surface area contributed by atoms with Crippen LogP contribution in [0.25, 0.3) is 10.9 Å². The molecule has 1 aliphatic carbocycles. The van der Waals surface area contributed by atoms with Gasteiger partial charge in [0.2, 0.25) is 0 Å². The summed E-state index contributed by atoms with van der Waals surface area (Å²) >= 11 is 0. The van der Waals surface area contributed by atoms with Crippen LogP contribution in [0.4, 0.5) is 13.2 Å². The zero-order chi connectivity index (χ0) is 24.0. The average molecular weight is 465 g/mol. The van der Waals surface area contributed by atoms with E-state index in [-0.39, 0.29) is 34.7 Å². The lowest BCUT2D eigenvalue weighted by molar-refractivity contribution is -0.147. The normalized spacial score (nSPS) is 22.8. The Morgan fingerprint density at radius 1 is 1.12 bits per heavy atom. The number of carboxylic acids is 1. The number of nitrogens with zero attached hydrogens (tertiary/aromatic N) is 2. The number of carboxylic acid groups (broad SMARTS) is 1. The third-order valence-corrected chi connectivity index (χ3v) is 7.03. The Balaban J connectivity index is 1.51. The molecule has 1 aromatic carbocycles. The molecule has 5 nitrogen and oxygen atoms in total. The van der Waals surface area contributed by atoms with Crippen LogP contribution in [-0.4, -0.2) is 40.2 Å². The fraction of sp³-hybridized carbons (Fsp3) is 0.600. The molecule has 0 atom stereocenters. The van der Waals surface area contributed by atoms with Crippen LogP contribution in [0, 0.1) is 17.3 Å². The number of halogens is 3. The Labute approximate surface area is 191 Å². The fourth-order valence-electron chi connectivity index (χ4n) is 4.97. The van der Waals surface area contributed by atoms with Gasteiger partial charge in [0.25, 0.3) is 0 Å². The standard InChI is InChI=1S/C25H31F3N2O3/c1-24(2,3)16-4-6-18(7-5-16)33-19-8-9-22-20(11-19)21(25(26,27)28)10-17(29-22)14-30-12-15(13-30)23(31)32/h8-11,15-16,18H,4-7,12-14H2,1-3H3,(H,31,32). The van der Waals surface area contributed by atoms with Gasteiger partial charge in [0.1, 0.15) is 5.75 Å². The molecular formula is C25H31F3N2O3. The van der Waals surface area contributed by atoms with Crippen molar-refractivity contribution in [1.82, 2.24) is 9.88 Å². The van der Waals surface area contributed by atoms with Crippen molar-refractivity contribution in [3.8, 4) is 5.75 Å². The minimum atomic E-state index is -4.53. The largest absolute Gasteiger partial charge is 0.490 e. The molecule has 1 saturated carbocycles. The molecule has 33 heavy (non-hydrogen) atoms. The summed E-state index contributed by atoms with van der Waals surface area (Å²) in [7, 11) is 0. The lowest BCUT2D eigenvalue weighted by Gasteiger charge is -2.37. The van der Waals surface area contributed by atoms with Gasteiger partial charge in [-0.3, -0.25) is 14.7 Å². The minimum Gasteiger partial charge on any atom is -0.490 e. The smallest absolute Gasteiger partial charge is 0.417 e. The Hall–Kier alpha value is -2.35. The Morgan fingerprint density at radius 3 is 2.36 bits per heavy atom. The Kier molecular flexibility index (Phi) is 6.33. The summed E-state index contributed by atoms with van der Waals surface area (Å²) in [4.78, 5) is 17.2. The minimum absolute atomic E-state index is 0.0104. The highest BCUT2D eigenvalue weighted by molar-refractivity contribution is 5.84. The number of fused-ring (bicyclic) bond motifs is 1. The van der Waals surface area contributed by atoms with E-state index >= 15 is 0 Å². The Bertz CT molecular complexity index is 1020. The summed E-state index contributed by atoms with van der Waals surface area (Å²) in [6.07, 6.45) is -0.610. The number of hydrogen-bond acceptors (Lipinski definition) is 4. The SMILES string of the molecule is CC(C)(C)C1CCC(Oc2ccc3nc(CN4CC(C(=O)O)C4)cc(C(F)(F)F)c3c2)CC1. The highest BCUT2D eigenvalue weighted by atomic mass is 19.4. The number of hydrogen-bond donors (Lipinski definition) is 1. The summed E-state index contributed by atoms with van der Waals surface area (Å²) in [5.41, 5.74) is 0.0650. The number of aromatic nitrogens is 1. The molecule has 2 aromatic rings. The monoisotopic (exact) mass is 464 g/mol. The summed E-state index contributed by atoms with van der Waals surface area (Å²) in [5.74, 6) is -0.279. The molecule has 1 aliphatic heterocycles. The van der Waals surface area contributed by atoms with Gasteiger partial charge < -0.3 is 9.84 Å². The first kappa shape index (κ1) is 23.8. The number of alkyl halides is 3. The molecule has 4 rings (SSSR count). The molecule has 8 heteroatoms. The molecule has 0 amide bonds. The lowest BCUT2D eigenvalue weighted by Crippen LogP contribution is -2.49. The van der Waals surface area contributed by atoms with Gasteiger partial charge in [0.05, 0.1) is 28.8 Å². The van der Waals surface area contributed by atoms with Crippen LogP contribution in [0.3, 0.4) is 0 Å². The molecule has 180 valence electrons. The summed E-state index contributed by atoms with van der Waals surface area (Å²) in [5, 5.41) is 9.03. The lowest BCUT2D eigenvalue weighted by atomic mass is 9.72. The van der Waals surface area contributed by atoms with Crippen LogP contribution < -0.4 is 4.74 Å². The summed E-state index contributed by atoms with van der Waals surface area (Å²) in [6.45, 7) is 7.57. The Morgan fingerprint density at radius 2 is 1.79 bits per heavy atom. The van der Waals surface area contributed by atoms with E-state index in [9.17, 15) is 18.0 Å². The van der Waals surface area contributed by atoms with Crippen molar-refractivity contribution < 1.29 is 27.8 Å². The second kappa shape index (κ2) is 8.78. The van der Waals surface area contributed by atoms with Crippen molar-refractivity contribution in [1.29, 1.82) is 0 Å². The molecule has 2 aliphatic rings. The van der Waals surface area contributed by atoms with Gasteiger partial charge >= 0.3 is 12.1 Å². The third-order valence-electron chi connectivity index (χ3n) is 7.03. The first-order valence-electron chi connectivity index (χ1n) is 11.5. The molecule has 0 unspecified atom stereocenters. The molecular weight excluding hydrogens is 433 g/mol. The number of rotatable bonds is 5. The molecule has 1 N–H and O–H groups in total. The van der Waals surface area contributed by atoms with Gasteiger partial charge in [-0.25, -0.2) is 0 Å². The van der Waals surface area contributed by atoms with E-state index in [1.165, 1.54) is 6.07 Å². The predicted octanol–water partition coefficient (Wildman–Crippen LogP) is 5.75. The number of likely N-dealkylation sites (tertiary alicyclic amines) is 1. The van der Waals surface area contributed by atoms with Gasteiger partial charge in [0, 0.05) is 25.0 Å². The fourth-order valence-corrected chi connectivity index (χ4v) is 4.97. The van der Waals surface area contributed by atoms with Gasteiger partial charge in [0.15, 0.2) is 0 Å².